The molecule has 0 aliphatic rings. The molecule has 0 heterocycles. The van der Waals surface area contributed by atoms with E-state index in [-0.39, 0.29) is 18.8 Å². The molecule has 0 aliphatic heterocycles. The van der Waals surface area contributed by atoms with Crippen molar-refractivity contribution in [3.05, 3.63) is 0 Å². The van der Waals surface area contributed by atoms with Crippen molar-refractivity contribution in [1.29, 1.82) is 0 Å². The number of hydrogen-bond acceptors (Lipinski definition) is 7. The van der Waals surface area contributed by atoms with Gasteiger partial charge in [-0.3, -0.25) is 14.4 Å². The molecule has 0 aromatic carbocycles. The lowest BCUT2D eigenvalue weighted by Crippen LogP contribution is -2.46. The first-order valence-corrected chi connectivity index (χ1v) is 10.6. The molecule has 10 heteroatoms. The second kappa shape index (κ2) is 13.1. The summed E-state index contributed by atoms with van der Waals surface area (Å²) in [5.74, 6) is -1.43. The molecular formula is C21H40N4O6. The zero-order valence-electron chi connectivity index (χ0n) is 19.7. The van der Waals surface area contributed by atoms with Gasteiger partial charge in [0.1, 0.15) is 17.2 Å². The predicted octanol–water partition coefficient (Wildman–Crippen LogP) is 1.49. The number of alkyl carbamates (subject to hydrolysis) is 1. The number of amides is 3. The number of nitrogens with two attached hydrogens (primary N) is 2. The number of ether oxygens (including phenoxy) is 2. The molecule has 180 valence electrons. The summed E-state index contributed by atoms with van der Waals surface area (Å²) < 4.78 is 10.3. The van der Waals surface area contributed by atoms with E-state index in [9.17, 15) is 19.2 Å². The molecule has 3 amide bonds. The third kappa shape index (κ3) is 17.1. The normalized spacial score (nSPS) is 13.6. The van der Waals surface area contributed by atoms with Crippen molar-refractivity contribution in [3.63, 3.8) is 0 Å². The van der Waals surface area contributed by atoms with Gasteiger partial charge in [-0.15, -0.1) is 0 Å². The van der Waals surface area contributed by atoms with Crippen LogP contribution in [0.2, 0.25) is 0 Å². The molecule has 0 rings (SSSR count). The first kappa shape index (κ1) is 28.6. The molecule has 0 aliphatic carbocycles. The van der Waals surface area contributed by atoms with Gasteiger partial charge in [-0.1, -0.05) is 0 Å². The third-order valence-corrected chi connectivity index (χ3v) is 3.85. The molecule has 0 radical (unpaired) electrons. The fraction of sp³-hybridized carbons (Fsp3) is 0.810. The Morgan fingerprint density at radius 3 is 2.00 bits per heavy atom. The fourth-order valence-electron chi connectivity index (χ4n) is 2.55. The lowest BCUT2D eigenvalue weighted by atomic mass is 10.1. The minimum Gasteiger partial charge on any atom is -0.460 e. The second-order valence-corrected chi connectivity index (χ2v) is 9.54. The molecule has 31 heavy (non-hydrogen) atoms. The van der Waals surface area contributed by atoms with Crippen molar-refractivity contribution in [2.75, 3.05) is 6.54 Å². The Kier molecular flexibility index (Phi) is 12.1. The van der Waals surface area contributed by atoms with Crippen LogP contribution in [0, 0.1) is 0 Å². The van der Waals surface area contributed by atoms with Crippen LogP contribution in [0.4, 0.5) is 4.79 Å². The monoisotopic (exact) mass is 444 g/mol. The Morgan fingerprint density at radius 2 is 1.48 bits per heavy atom. The Bertz CT molecular complexity index is 610. The predicted molar refractivity (Wildman–Crippen MR) is 117 cm³/mol. The summed E-state index contributed by atoms with van der Waals surface area (Å²) in [5.41, 5.74) is 10.1. The average molecular weight is 445 g/mol. The Labute approximate surface area is 185 Å². The maximum Gasteiger partial charge on any atom is 0.407 e. The molecule has 6 N–H and O–H groups in total. The summed E-state index contributed by atoms with van der Waals surface area (Å²) in [6.07, 6.45) is 1.35. The molecule has 0 saturated carbocycles. The number of carbonyl (C=O) groups is 4. The van der Waals surface area contributed by atoms with E-state index in [2.05, 4.69) is 10.6 Å². The molecule has 0 unspecified atom stereocenters. The van der Waals surface area contributed by atoms with Crippen LogP contribution in [0.3, 0.4) is 0 Å². The van der Waals surface area contributed by atoms with Gasteiger partial charge in [0.2, 0.25) is 11.8 Å². The van der Waals surface area contributed by atoms with Crippen molar-refractivity contribution in [2.45, 2.75) is 103 Å². The van der Waals surface area contributed by atoms with Gasteiger partial charge in [-0.05, 0) is 67.2 Å². The second-order valence-electron chi connectivity index (χ2n) is 9.54. The number of primary amides is 1. The van der Waals surface area contributed by atoms with Crippen LogP contribution in [0.5, 0.6) is 0 Å². The van der Waals surface area contributed by atoms with Gasteiger partial charge >= 0.3 is 12.1 Å². The van der Waals surface area contributed by atoms with Crippen LogP contribution in [0.15, 0.2) is 0 Å². The van der Waals surface area contributed by atoms with Crippen molar-refractivity contribution in [2.24, 2.45) is 11.5 Å². The average Bonchev–Trinajstić information content (AvgIpc) is 2.55. The van der Waals surface area contributed by atoms with E-state index >= 15 is 0 Å². The molecule has 0 bridgehead atoms. The quantitative estimate of drug-likeness (QED) is 0.262. The molecule has 2 atom stereocenters. The SMILES string of the molecule is CC(C)(C)OC(=O)CC[C@H](N)CC(=O)N[C@H](CCCCNC(=O)OC(C)(C)C)C(N)=O. The minimum absolute atomic E-state index is 0.0349. The smallest absolute Gasteiger partial charge is 0.407 e. The zero-order valence-corrected chi connectivity index (χ0v) is 19.7. The van der Waals surface area contributed by atoms with E-state index in [4.69, 9.17) is 20.9 Å². The van der Waals surface area contributed by atoms with Crippen molar-refractivity contribution < 1.29 is 28.7 Å². The minimum atomic E-state index is -0.827. The topological polar surface area (TPSA) is 163 Å². The maximum absolute atomic E-state index is 12.2. The largest absolute Gasteiger partial charge is 0.460 e. The summed E-state index contributed by atoms with van der Waals surface area (Å²) in [6.45, 7) is 11.0. The van der Waals surface area contributed by atoms with Gasteiger partial charge in [0.25, 0.3) is 0 Å². The van der Waals surface area contributed by atoms with Crippen LogP contribution >= 0.6 is 0 Å². The van der Waals surface area contributed by atoms with Crippen LogP contribution < -0.4 is 22.1 Å². The van der Waals surface area contributed by atoms with Crippen LogP contribution in [0.25, 0.3) is 0 Å². The van der Waals surface area contributed by atoms with Crippen molar-refractivity contribution >= 4 is 23.9 Å². The summed E-state index contributed by atoms with van der Waals surface area (Å²) in [4.78, 5) is 47.1. The van der Waals surface area contributed by atoms with Crippen molar-refractivity contribution in [1.82, 2.24) is 10.6 Å². The highest BCUT2D eigenvalue weighted by atomic mass is 16.6. The van der Waals surface area contributed by atoms with E-state index in [1.807, 2.05) is 0 Å². The molecule has 0 fully saturated rings. The first-order chi connectivity index (χ1) is 14.1. The molecular weight excluding hydrogens is 404 g/mol. The van der Waals surface area contributed by atoms with Gasteiger partial charge in [0, 0.05) is 25.4 Å². The van der Waals surface area contributed by atoms with E-state index in [0.717, 1.165) is 0 Å². The lowest BCUT2D eigenvalue weighted by Gasteiger charge is -2.20. The molecule has 10 nitrogen and oxygen atoms in total. The fourth-order valence-corrected chi connectivity index (χ4v) is 2.55. The highest BCUT2D eigenvalue weighted by Gasteiger charge is 2.21. The molecule has 0 aromatic heterocycles. The summed E-state index contributed by atoms with van der Waals surface area (Å²) in [7, 11) is 0. The Morgan fingerprint density at radius 1 is 0.903 bits per heavy atom. The number of nitrogens with one attached hydrogen (secondary N) is 2. The van der Waals surface area contributed by atoms with Gasteiger partial charge < -0.3 is 31.6 Å². The first-order valence-electron chi connectivity index (χ1n) is 10.6. The zero-order chi connectivity index (χ0) is 24.2. The van der Waals surface area contributed by atoms with Crippen LogP contribution in [-0.4, -0.2) is 53.7 Å². The van der Waals surface area contributed by atoms with E-state index in [0.29, 0.717) is 32.2 Å². The van der Waals surface area contributed by atoms with E-state index in [1.54, 1.807) is 41.5 Å². The number of carbonyl (C=O) groups excluding carboxylic acids is 4. The van der Waals surface area contributed by atoms with E-state index < -0.39 is 41.2 Å². The third-order valence-electron chi connectivity index (χ3n) is 3.85. The summed E-state index contributed by atoms with van der Waals surface area (Å²) >= 11 is 0. The summed E-state index contributed by atoms with van der Waals surface area (Å²) in [5, 5.41) is 5.21. The Hall–Kier alpha value is -2.36. The van der Waals surface area contributed by atoms with Crippen molar-refractivity contribution in [3.8, 4) is 0 Å². The number of esters is 1. The Balaban J connectivity index is 4.22. The highest BCUT2D eigenvalue weighted by Crippen LogP contribution is 2.11. The standard InChI is InChI=1S/C21H40N4O6/c1-20(2,3)30-17(27)11-10-14(22)13-16(26)25-15(18(23)28)9-7-8-12-24-19(29)31-21(4,5)6/h14-15H,7-13,22H2,1-6H3,(H2,23,28)(H,24,29)(H,25,26)/t14-,15+/m0/s1. The number of unbranched alkanes of at least 4 members (excludes halogenated alkanes) is 1. The van der Waals surface area contributed by atoms with Crippen LogP contribution in [-0.2, 0) is 23.9 Å². The molecule has 0 saturated heterocycles. The molecule has 0 aromatic rings. The van der Waals surface area contributed by atoms with Gasteiger partial charge in [-0.25, -0.2) is 4.79 Å². The van der Waals surface area contributed by atoms with Crippen LogP contribution in [0.1, 0.15) is 80.1 Å². The van der Waals surface area contributed by atoms with Gasteiger partial charge in [0.15, 0.2) is 0 Å². The lowest BCUT2D eigenvalue weighted by molar-refractivity contribution is -0.155. The van der Waals surface area contributed by atoms with Gasteiger partial charge in [0.05, 0.1) is 0 Å². The van der Waals surface area contributed by atoms with Gasteiger partial charge in [-0.2, -0.15) is 0 Å². The maximum atomic E-state index is 12.2. The highest BCUT2D eigenvalue weighted by molar-refractivity contribution is 5.86. The number of hydrogen-bond donors (Lipinski definition) is 4. The number of rotatable bonds is 12. The summed E-state index contributed by atoms with van der Waals surface area (Å²) in [6, 6.07) is -1.37. The van der Waals surface area contributed by atoms with E-state index in [1.165, 1.54) is 0 Å². The molecule has 0 spiro atoms.